The Morgan fingerprint density at radius 1 is 1.04 bits per heavy atom. The third-order valence-electron chi connectivity index (χ3n) is 3.68. The third-order valence-corrected chi connectivity index (χ3v) is 4.21. The van der Waals surface area contributed by atoms with Crippen LogP contribution in [-0.2, 0) is 16.0 Å². The predicted molar refractivity (Wildman–Crippen MR) is 85.7 cm³/mol. The first-order chi connectivity index (χ1) is 11.3. The highest BCUT2D eigenvalue weighted by molar-refractivity contribution is 9.10. The van der Waals surface area contributed by atoms with Crippen LogP contribution in [0.15, 0.2) is 64.1 Å². The average molecular weight is 398 g/mol. The van der Waals surface area contributed by atoms with E-state index in [1.54, 1.807) is 30.3 Å². The summed E-state index contributed by atoms with van der Waals surface area (Å²) in [4.78, 5) is 15.8. The van der Waals surface area contributed by atoms with E-state index in [1.165, 1.54) is 24.3 Å². The van der Waals surface area contributed by atoms with Gasteiger partial charge in [-0.2, -0.15) is 13.2 Å². The molecule has 0 saturated carbocycles. The summed E-state index contributed by atoms with van der Waals surface area (Å²) in [6.07, 6.45) is -5.48. The standard InChI is InChI=1S/C17H11BrF3NO2/c18-13-8-6-11(7-9-13)10-16(17(19,20)21)15(23)24-14(22-16)12-4-2-1-3-5-12/h1-9H,10H2. The first-order valence-corrected chi connectivity index (χ1v) is 7.80. The normalized spacial score (nSPS) is 20.7. The van der Waals surface area contributed by atoms with E-state index in [0.717, 1.165) is 4.47 Å². The molecule has 0 radical (unpaired) electrons. The topological polar surface area (TPSA) is 38.7 Å². The molecule has 2 aromatic carbocycles. The Hall–Kier alpha value is -2.15. The fourth-order valence-electron chi connectivity index (χ4n) is 2.41. The molecule has 0 N–H and O–H groups in total. The average Bonchev–Trinajstić information content (AvgIpc) is 2.88. The fraction of sp³-hybridized carbons (Fsp3) is 0.176. The lowest BCUT2D eigenvalue weighted by Crippen LogP contribution is -2.50. The lowest BCUT2D eigenvalue weighted by Gasteiger charge is -2.24. The maximum absolute atomic E-state index is 13.7. The Labute approximate surface area is 144 Å². The van der Waals surface area contributed by atoms with Crippen LogP contribution in [0, 0.1) is 0 Å². The molecule has 0 aromatic heterocycles. The number of aliphatic imine (C=N–C) groups is 1. The Bertz CT molecular complexity index is 788. The quantitative estimate of drug-likeness (QED) is 0.724. The van der Waals surface area contributed by atoms with Gasteiger partial charge in [-0.15, -0.1) is 0 Å². The highest BCUT2D eigenvalue weighted by Crippen LogP contribution is 2.41. The summed E-state index contributed by atoms with van der Waals surface area (Å²) >= 11 is 3.22. The molecule has 2 aromatic rings. The smallest absolute Gasteiger partial charge is 0.405 e. The van der Waals surface area contributed by atoms with Crippen LogP contribution in [0.25, 0.3) is 0 Å². The van der Waals surface area contributed by atoms with Crippen molar-refractivity contribution in [3.63, 3.8) is 0 Å². The molecule has 3 nitrogen and oxygen atoms in total. The summed E-state index contributed by atoms with van der Waals surface area (Å²) in [5.41, 5.74) is -2.26. The molecular formula is C17H11BrF3NO2. The maximum Gasteiger partial charge on any atom is 0.424 e. The van der Waals surface area contributed by atoms with Crippen LogP contribution in [0.2, 0.25) is 0 Å². The first-order valence-electron chi connectivity index (χ1n) is 7.00. The van der Waals surface area contributed by atoms with Gasteiger partial charge in [0.15, 0.2) is 0 Å². The van der Waals surface area contributed by atoms with E-state index >= 15 is 0 Å². The Morgan fingerprint density at radius 2 is 1.67 bits per heavy atom. The molecule has 7 heteroatoms. The highest BCUT2D eigenvalue weighted by atomic mass is 79.9. The summed E-state index contributed by atoms with van der Waals surface area (Å²) in [6, 6.07) is 14.3. The SMILES string of the molecule is O=C1OC(c2ccccc2)=NC1(Cc1ccc(Br)cc1)C(F)(F)F. The number of carbonyl (C=O) groups is 1. The second-order valence-corrected chi connectivity index (χ2v) is 6.25. The van der Waals surface area contributed by atoms with Crippen LogP contribution in [-0.4, -0.2) is 23.6 Å². The van der Waals surface area contributed by atoms with Gasteiger partial charge in [-0.1, -0.05) is 46.3 Å². The van der Waals surface area contributed by atoms with Gasteiger partial charge in [-0.25, -0.2) is 9.79 Å². The van der Waals surface area contributed by atoms with Gasteiger partial charge in [0.25, 0.3) is 5.54 Å². The number of benzene rings is 2. The lowest BCUT2D eigenvalue weighted by molar-refractivity contribution is -0.195. The van der Waals surface area contributed by atoms with Crippen LogP contribution in [0.1, 0.15) is 11.1 Å². The minimum atomic E-state index is -4.87. The minimum absolute atomic E-state index is 0.310. The first kappa shape index (κ1) is 16.7. The van der Waals surface area contributed by atoms with Crippen molar-refractivity contribution in [1.29, 1.82) is 0 Å². The van der Waals surface area contributed by atoms with Gasteiger partial charge in [-0.05, 0) is 29.8 Å². The zero-order valence-electron chi connectivity index (χ0n) is 12.2. The van der Waals surface area contributed by atoms with Gasteiger partial charge in [0.05, 0.1) is 0 Å². The van der Waals surface area contributed by atoms with E-state index in [1.807, 2.05) is 0 Å². The molecule has 1 atom stereocenters. The molecule has 1 heterocycles. The number of halogens is 4. The summed E-state index contributed by atoms with van der Waals surface area (Å²) in [5, 5.41) is 0. The summed E-state index contributed by atoms with van der Waals surface area (Å²) in [7, 11) is 0. The summed E-state index contributed by atoms with van der Waals surface area (Å²) in [6.45, 7) is 0. The van der Waals surface area contributed by atoms with Crippen molar-refractivity contribution in [3.8, 4) is 0 Å². The van der Waals surface area contributed by atoms with Crippen LogP contribution in [0.5, 0.6) is 0 Å². The van der Waals surface area contributed by atoms with Gasteiger partial charge >= 0.3 is 12.1 Å². The highest BCUT2D eigenvalue weighted by Gasteiger charge is 2.65. The Morgan fingerprint density at radius 3 is 2.25 bits per heavy atom. The van der Waals surface area contributed by atoms with Gasteiger partial charge in [0.1, 0.15) is 0 Å². The van der Waals surface area contributed by atoms with E-state index in [9.17, 15) is 18.0 Å². The molecule has 1 aliphatic rings. The van der Waals surface area contributed by atoms with Crippen molar-refractivity contribution in [2.75, 3.05) is 0 Å². The number of hydrogen-bond acceptors (Lipinski definition) is 3. The van der Waals surface area contributed by atoms with Crippen LogP contribution in [0.3, 0.4) is 0 Å². The zero-order valence-corrected chi connectivity index (χ0v) is 13.8. The largest absolute Gasteiger partial charge is 0.424 e. The number of hydrogen-bond donors (Lipinski definition) is 0. The van der Waals surface area contributed by atoms with Crippen LogP contribution < -0.4 is 0 Å². The molecule has 0 aliphatic carbocycles. The Kier molecular flexibility index (Phi) is 4.21. The molecule has 0 saturated heterocycles. The molecule has 0 bridgehead atoms. The van der Waals surface area contributed by atoms with Crippen molar-refractivity contribution < 1.29 is 22.7 Å². The van der Waals surface area contributed by atoms with Crippen molar-refractivity contribution in [1.82, 2.24) is 0 Å². The molecular weight excluding hydrogens is 387 g/mol. The fourth-order valence-corrected chi connectivity index (χ4v) is 2.67. The monoisotopic (exact) mass is 397 g/mol. The molecule has 1 unspecified atom stereocenters. The molecule has 0 amide bonds. The second-order valence-electron chi connectivity index (χ2n) is 5.33. The number of rotatable bonds is 3. The Balaban J connectivity index is 2.04. The lowest BCUT2D eigenvalue weighted by atomic mass is 9.91. The van der Waals surface area contributed by atoms with Crippen molar-refractivity contribution in [2.24, 2.45) is 4.99 Å². The number of nitrogens with zero attached hydrogens (tertiary/aromatic N) is 1. The van der Waals surface area contributed by atoms with Gasteiger partial charge < -0.3 is 4.74 Å². The van der Waals surface area contributed by atoms with E-state index in [2.05, 4.69) is 20.9 Å². The van der Waals surface area contributed by atoms with Crippen LogP contribution >= 0.6 is 15.9 Å². The number of carbonyl (C=O) groups excluding carboxylic acids is 1. The van der Waals surface area contributed by atoms with Gasteiger partial charge in [-0.3, -0.25) is 0 Å². The number of cyclic esters (lactones) is 1. The molecule has 3 rings (SSSR count). The van der Waals surface area contributed by atoms with E-state index in [4.69, 9.17) is 4.74 Å². The van der Waals surface area contributed by atoms with Crippen molar-refractivity contribution >= 4 is 27.8 Å². The maximum atomic E-state index is 13.7. The summed E-state index contributed by atoms with van der Waals surface area (Å²) < 4.78 is 46.7. The molecule has 0 fully saturated rings. The van der Waals surface area contributed by atoms with Crippen LogP contribution in [0.4, 0.5) is 13.2 Å². The van der Waals surface area contributed by atoms with E-state index in [-0.39, 0.29) is 5.90 Å². The predicted octanol–water partition coefficient (Wildman–Crippen LogP) is 4.30. The van der Waals surface area contributed by atoms with Gasteiger partial charge in [0, 0.05) is 16.5 Å². The van der Waals surface area contributed by atoms with E-state index in [0.29, 0.717) is 11.1 Å². The minimum Gasteiger partial charge on any atom is -0.405 e. The number of ether oxygens (including phenoxy) is 1. The number of alkyl halides is 3. The van der Waals surface area contributed by atoms with Crippen molar-refractivity contribution in [2.45, 2.75) is 18.1 Å². The summed E-state index contributed by atoms with van der Waals surface area (Å²) in [5.74, 6) is -1.72. The third kappa shape index (κ3) is 2.96. The zero-order chi connectivity index (χ0) is 17.4. The van der Waals surface area contributed by atoms with Gasteiger partial charge in [0.2, 0.25) is 5.90 Å². The van der Waals surface area contributed by atoms with E-state index < -0.39 is 24.1 Å². The molecule has 1 aliphatic heterocycles. The molecule has 0 spiro atoms. The second kappa shape index (κ2) is 6.05. The molecule has 124 valence electrons. The van der Waals surface area contributed by atoms with Crippen molar-refractivity contribution in [3.05, 3.63) is 70.2 Å². The molecule has 24 heavy (non-hydrogen) atoms. The number of esters is 1.